The Bertz CT molecular complexity index is 634. The lowest BCUT2D eigenvalue weighted by atomic mass is 10.0. The fourth-order valence-corrected chi connectivity index (χ4v) is 2.71. The molecular formula is C17H21N2O2+. The number of quaternary nitrogens is 1. The van der Waals surface area contributed by atoms with Crippen LogP contribution in [0.15, 0.2) is 41.4 Å². The Morgan fingerprint density at radius 3 is 2.81 bits per heavy atom. The largest absolute Gasteiger partial charge is 0.507 e. The highest BCUT2D eigenvalue weighted by atomic mass is 16.5. The molecule has 2 aromatic carbocycles. The molecule has 0 atom stereocenters. The summed E-state index contributed by atoms with van der Waals surface area (Å²) >= 11 is 0. The second-order valence-corrected chi connectivity index (χ2v) is 5.37. The van der Waals surface area contributed by atoms with Crippen LogP contribution in [-0.2, 0) is 4.74 Å². The number of nitrogens with one attached hydrogen (secondary N) is 1. The van der Waals surface area contributed by atoms with Crippen molar-refractivity contribution in [2.24, 2.45) is 4.99 Å². The van der Waals surface area contributed by atoms with E-state index < -0.39 is 0 Å². The number of fused-ring (bicyclic) bond motifs is 1. The van der Waals surface area contributed by atoms with Crippen molar-refractivity contribution in [2.45, 2.75) is 0 Å². The number of aliphatic imine (C=N–C) groups is 1. The number of phenolic OH excluding ortho intramolecular Hbond substituents is 1. The number of aromatic hydroxyl groups is 1. The van der Waals surface area contributed by atoms with E-state index in [9.17, 15) is 5.11 Å². The van der Waals surface area contributed by atoms with Crippen molar-refractivity contribution < 1.29 is 14.7 Å². The number of nitrogens with zero attached hydrogens (tertiary/aromatic N) is 1. The second kappa shape index (κ2) is 6.70. The van der Waals surface area contributed by atoms with E-state index in [1.54, 1.807) is 17.2 Å². The summed E-state index contributed by atoms with van der Waals surface area (Å²) in [4.78, 5) is 6.04. The number of benzene rings is 2. The second-order valence-electron chi connectivity index (χ2n) is 5.37. The van der Waals surface area contributed by atoms with E-state index in [0.29, 0.717) is 0 Å². The van der Waals surface area contributed by atoms with Gasteiger partial charge in [-0.15, -0.1) is 0 Å². The smallest absolute Gasteiger partial charge is 0.124 e. The van der Waals surface area contributed by atoms with Crippen molar-refractivity contribution in [2.75, 3.05) is 39.4 Å². The summed E-state index contributed by atoms with van der Waals surface area (Å²) in [5.74, 6) is 0.288. The van der Waals surface area contributed by atoms with Crippen LogP contribution in [0.3, 0.4) is 0 Å². The van der Waals surface area contributed by atoms with Gasteiger partial charge in [-0.3, -0.25) is 4.99 Å². The van der Waals surface area contributed by atoms with E-state index in [1.165, 1.54) is 0 Å². The molecule has 1 aliphatic heterocycles. The van der Waals surface area contributed by atoms with Crippen LogP contribution in [0.1, 0.15) is 5.56 Å². The first-order chi connectivity index (χ1) is 10.3. The van der Waals surface area contributed by atoms with Gasteiger partial charge in [0.25, 0.3) is 0 Å². The maximum Gasteiger partial charge on any atom is 0.124 e. The zero-order valence-electron chi connectivity index (χ0n) is 12.1. The maximum atomic E-state index is 10.0. The molecule has 0 saturated carbocycles. The first kappa shape index (κ1) is 14.0. The predicted octanol–water partition coefficient (Wildman–Crippen LogP) is 0.879. The number of ether oxygens (including phenoxy) is 1. The van der Waals surface area contributed by atoms with Gasteiger partial charge in [-0.05, 0) is 16.8 Å². The minimum Gasteiger partial charge on any atom is -0.507 e. The van der Waals surface area contributed by atoms with Crippen LogP contribution < -0.4 is 4.90 Å². The Kier molecular flexibility index (Phi) is 4.48. The molecule has 1 heterocycles. The molecule has 0 bridgehead atoms. The van der Waals surface area contributed by atoms with Gasteiger partial charge in [0.15, 0.2) is 0 Å². The lowest BCUT2D eigenvalue weighted by Gasteiger charge is -2.22. The summed E-state index contributed by atoms with van der Waals surface area (Å²) in [5, 5.41) is 12.2. The van der Waals surface area contributed by atoms with Gasteiger partial charge in [-0.2, -0.15) is 0 Å². The SMILES string of the molecule is Oc1ccc2ccccc2c1C=NCC[NH+]1CCOCC1. The van der Waals surface area contributed by atoms with Crippen LogP contribution in [0.4, 0.5) is 0 Å². The van der Waals surface area contributed by atoms with E-state index in [0.717, 1.165) is 55.7 Å². The summed E-state index contributed by atoms with van der Waals surface area (Å²) in [6, 6.07) is 11.7. The Hall–Kier alpha value is -1.91. The molecule has 0 spiro atoms. The number of hydrogen-bond acceptors (Lipinski definition) is 3. The minimum absolute atomic E-state index is 0.288. The van der Waals surface area contributed by atoms with Crippen molar-refractivity contribution >= 4 is 17.0 Å². The molecule has 0 radical (unpaired) electrons. The van der Waals surface area contributed by atoms with Crippen LogP contribution in [0.25, 0.3) is 10.8 Å². The van der Waals surface area contributed by atoms with Crippen LogP contribution in [0.2, 0.25) is 0 Å². The molecule has 0 amide bonds. The van der Waals surface area contributed by atoms with Gasteiger partial charge < -0.3 is 14.7 Å². The van der Waals surface area contributed by atoms with Gasteiger partial charge in [0.1, 0.15) is 18.8 Å². The highest BCUT2D eigenvalue weighted by Gasteiger charge is 2.12. The van der Waals surface area contributed by atoms with Gasteiger partial charge in [0.05, 0.1) is 26.3 Å². The van der Waals surface area contributed by atoms with Crippen molar-refractivity contribution in [1.29, 1.82) is 0 Å². The van der Waals surface area contributed by atoms with Gasteiger partial charge >= 0.3 is 0 Å². The van der Waals surface area contributed by atoms with E-state index in [2.05, 4.69) is 4.99 Å². The highest BCUT2D eigenvalue weighted by Crippen LogP contribution is 2.25. The number of hydrogen-bond donors (Lipinski definition) is 2. The van der Waals surface area contributed by atoms with Gasteiger partial charge in [-0.1, -0.05) is 30.3 Å². The first-order valence-corrected chi connectivity index (χ1v) is 7.46. The average molecular weight is 285 g/mol. The number of morpholine rings is 1. The third kappa shape index (κ3) is 3.40. The predicted molar refractivity (Wildman–Crippen MR) is 84.5 cm³/mol. The molecule has 1 fully saturated rings. The van der Waals surface area contributed by atoms with Gasteiger partial charge in [0.2, 0.25) is 0 Å². The quantitative estimate of drug-likeness (QED) is 0.819. The molecule has 1 saturated heterocycles. The molecular weight excluding hydrogens is 264 g/mol. The van der Waals surface area contributed by atoms with E-state index >= 15 is 0 Å². The summed E-state index contributed by atoms with van der Waals surface area (Å²) in [7, 11) is 0. The highest BCUT2D eigenvalue weighted by molar-refractivity contribution is 6.02. The van der Waals surface area contributed by atoms with Gasteiger partial charge in [0, 0.05) is 11.8 Å². The Morgan fingerprint density at radius 2 is 1.95 bits per heavy atom. The molecule has 2 aromatic rings. The molecule has 1 aliphatic rings. The molecule has 2 N–H and O–H groups in total. The van der Waals surface area contributed by atoms with Crippen LogP contribution in [0.5, 0.6) is 5.75 Å². The van der Waals surface area contributed by atoms with E-state index in [4.69, 9.17) is 4.74 Å². The van der Waals surface area contributed by atoms with Crippen LogP contribution >= 0.6 is 0 Å². The van der Waals surface area contributed by atoms with Gasteiger partial charge in [-0.25, -0.2) is 0 Å². The monoisotopic (exact) mass is 285 g/mol. The van der Waals surface area contributed by atoms with Crippen molar-refractivity contribution in [1.82, 2.24) is 0 Å². The van der Waals surface area contributed by atoms with E-state index in [-0.39, 0.29) is 5.75 Å². The van der Waals surface area contributed by atoms with Crippen molar-refractivity contribution in [3.8, 4) is 5.75 Å². The summed E-state index contributed by atoms with van der Waals surface area (Å²) in [6.45, 7) is 5.62. The number of phenols is 1. The molecule has 0 unspecified atom stereocenters. The topological polar surface area (TPSA) is 46.3 Å². The minimum atomic E-state index is 0.288. The summed E-state index contributed by atoms with van der Waals surface area (Å²) in [5.41, 5.74) is 0.810. The normalized spacial score (nSPS) is 16.8. The zero-order chi connectivity index (χ0) is 14.5. The lowest BCUT2D eigenvalue weighted by molar-refractivity contribution is -0.906. The number of rotatable bonds is 4. The van der Waals surface area contributed by atoms with Crippen LogP contribution in [0, 0.1) is 0 Å². The molecule has 110 valence electrons. The standard InChI is InChI=1S/C17H20N2O2/c20-17-6-5-14-3-1-2-4-15(14)16(17)13-18-7-8-19-9-11-21-12-10-19/h1-6,13,20H,7-12H2/p+1. The Morgan fingerprint density at radius 1 is 1.14 bits per heavy atom. The molecule has 3 rings (SSSR count). The molecule has 0 aromatic heterocycles. The Labute approximate surface area is 124 Å². The fourth-order valence-electron chi connectivity index (χ4n) is 2.71. The summed E-state index contributed by atoms with van der Waals surface area (Å²) < 4.78 is 5.35. The van der Waals surface area contributed by atoms with Crippen molar-refractivity contribution in [3.05, 3.63) is 42.0 Å². The summed E-state index contributed by atoms with van der Waals surface area (Å²) in [6.07, 6.45) is 1.80. The molecule has 4 nitrogen and oxygen atoms in total. The zero-order valence-corrected chi connectivity index (χ0v) is 12.1. The third-order valence-corrected chi connectivity index (χ3v) is 3.96. The van der Waals surface area contributed by atoms with Crippen molar-refractivity contribution in [3.63, 3.8) is 0 Å². The molecule has 21 heavy (non-hydrogen) atoms. The first-order valence-electron chi connectivity index (χ1n) is 7.46. The Balaban J connectivity index is 1.69. The van der Waals surface area contributed by atoms with Crippen LogP contribution in [-0.4, -0.2) is 50.7 Å². The molecule has 0 aliphatic carbocycles. The maximum absolute atomic E-state index is 10.0. The fraction of sp³-hybridized carbons (Fsp3) is 0.353. The third-order valence-electron chi connectivity index (χ3n) is 3.96. The lowest BCUT2D eigenvalue weighted by Crippen LogP contribution is -3.14. The van der Waals surface area contributed by atoms with E-state index in [1.807, 2.05) is 30.3 Å². The average Bonchev–Trinajstić information content (AvgIpc) is 2.54. The molecule has 4 heteroatoms.